The third kappa shape index (κ3) is 5.77. The van der Waals surface area contributed by atoms with E-state index in [0.29, 0.717) is 19.0 Å². The smallest absolute Gasteiger partial charge is 0.232 e. The maximum absolute atomic E-state index is 5.40. The van der Waals surface area contributed by atoms with Gasteiger partial charge in [0, 0.05) is 17.8 Å². The van der Waals surface area contributed by atoms with Crippen molar-refractivity contribution in [1.29, 1.82) is 0 Å². The Kier molecular flexibility index (Phi) is 7.43. The molecule has 0 spiro atoms. The van der Waals surface area contributed by atoms with Crippen molar-refractivity contribution in [3.8, 4) is 17.1 Å². The molecule has 1 heterocycles. The van der Waals surface area contributed by atoms with E-state index in [4.69, 9.17) is 9.47 Å². The van der Waals surface area contributed by atoms with Gasteiger partial charge in [0.1, 0.15) is 0 Å². The van der Waals surface area contributed by atoms with Gasteiger partial charge in [-0.3, -0.25) is 4.98 Å². The first-order chi connectivity index (χ1) is 12.7. The number of benzene rings is 1. The molecule has 1 aromatic carbocycles. The van der Waals surface area contributed by atoms with Gasteiger partial charge in [-0.2, -0.15) is 0 Å². The van der Waals surface area contributed by atoms with E-state index >= 15 is 0 Å². The van der Waals surface area contributed by atoms with Crippen molar-refractivity contribution >= 4 is 5.69 Å². The quantitative estimate of drug-likeness (QED) is 0.528. The minimum atomic E-state index is 0.535. The van der Waals surface area contributed by atoms with Gasteiger partial charge >= 0.3 is 0 Å². The van der Waals surface area contributed by atoms with Crippen LogP contribution in [0.25, 0.3) is 11.3 Å². The molecule has 1 N–H and O–H groups in total. The molecule has 136 valence electrons. The molecule has 0 unspecified atom stereocenters. The summed E-state index contributed by atoms with van der Waals surface area (Å²) < 4.78 is 10.5. The van der Waals surface area contributed by atoms with E-state index in [1.165, 1.54) is 0 Å². The van der Waals surface area contributed by atoms with Gasteiger partial charge in [-0.15, -0.1) is 0 Å². The molecule has 26 heavy (non-hydrogen) atoms. The highest BCUT2D eigenvalue weighted by molar-refractivity contribution is 5.62. The fraction of sp³-hybridized carbons (Fsp3) is 0.238. The Morgan fingerprint density at radius 1 is 1.19 bits per heavy atom. The number of allylic oxidation sites excluding steroid dienone is 3. The van der Waals surface area contributed by atoms with Crippen LogP contribution < -0.4 is 10.1 Å². The van der Waals surface area contributed by atoms with E-state index in [1.807, 2.05) is 56.3 Å². The maximum Gasteiger partial charge on any atom is 0.232 e. The summed E-state index contributed by atoms with van der Waals surface area (Å²) >= 11 is 0. The zero-order valence-electron chi connectivity index (χ0n) is 15.5. The minimum Gasteiger partial charge on any atom is -0.501 e. The average molecular weight is 351 g/mol. The van der Waals surface area contributed by atoms with E-state index < -0.39 is 0 Å². The molecule has 0 saturated heterocycles. The normalized spacial score (nSPS) is 11.8. The van der Waals surface area contributed by atoms with Crippen LogP contribution >= 0.6 is 0 Å². The number of methoxy groups -OCH3 is 1. The lowest BCUT2D eigenvalue weighted by Gasteiger charge is -2.09. The van der Waals surface area contributed by atoms with Gasteiger partial charge in [0.15, 0.2) is 0 Å². The summed E-state index contributed by atoms with van der Waals surface area (Å²) in [7, 11) is 1.65. The number of nitrogens with zero attached hydrogens (tertiary/aromatic N) is 2. The Morgan fingerprint density at radius 2 is 1.96 bits per heavy atom. The fourth-order valence-corrected chi connectivity index (χ4v) is 2.16. The summed E-state index contributed by atoms with van der Waals surface area (Å²) in [6.45, 7) is 8.93. The summed E-state index contributed by atoms with van der Waals surface area (Å²) in [6.07, 6.45) is 9.09. The molecular formula is C21H25N3O2. The third-order valence-corrected chi connectivity index (χ3v) is 3.70. The molecule has 0 aliphatic heterocycles. The molecule has 0 saturated carbocycles. The summed E-state index contributed by atoms with van der Waals surface area (Å²) in [5.74, 6) is 1.39. The van der Waals surface area contributed by atoms with Gasteiger partial charge in [-0.1, -0.05) is 30.9 Å². The van der Waals surface area contributed by atoms with Crippen molar-refractivity contribution in [1.82, 2.24) is 9.97 Å². The molecule has 5 heteroatoms. The lowest BCUT2D eigenvalue weighted by molar-refractivity contribution is 0.294. The predicted molar refractivity (Wildman–Crippen MR) is 106 cm³/mol. The maximum atomic E-state index is 5.40. The van der Waals surface area contributed by atoms with Crippen LogP contribution in [-0.4, -0.2) is 30.2 Å². The molecule has 2 aromatic rings. The molecule has 1 aromatic heterocycles. The van der Waals surface area contributed by atoms with Crippen molar-refractivity contribution in [2.24, 2.45) is 0 Å². The molecular weight excluding hydrogens is 326 g/mol. The molecule has 0 atom stereocenters. The number of anilines is 1. The largest absolute Gasteiger partial charge is 0.501 e. The predicted octanol–water partition coefficient (Wildman–Crippen LogP) is 4.62. The second-order valence-electron chi connectivity index (χ2n) is 5.53. The molecule has 2 rings (SSSR count). The van der Waals surface area contributed by atoms with Crippen LogP contribution in [0, 0.1) is 0 Å². The van der Waals surface area contributed by atoms with Gasteiger partial charge in [0.2, 0.25) is 5.88 Å². The molecule has 0 bridgehead atoms. The highest BCUT2D eigenvalue weighted by Crippen LogP contribution is 2.21. The van der Waals surface area contributed by atoms with Gasteiger partial charge < -0.3 is 14.8 Å². The Hall–Kier alpha value is -3.08. The van der Waals surface area contributed by atoms with Gasteiger partial charge in [0.05, 0.1) is 37.6 Å². The summed E-state index contributed by atoms with van der Waals surface area (Å²) in [5.41, 5.74) is 3.86. The minimum absolute atomic E-state index is 0.535. The number of nitrogens with one attached hydrogen (secondary N) is 1. The van der Waals surface area contributed by atoms with E-state index in [1.54, 1.807) is 19.5 Å². The zero-order chi connectivity index (χ0) is 18.8. The highest BCUT2D eigenvalue weighted by atomic mass is 16.5. The topological polar surface area (TPSA) is 56.3 Å². The molecule has 0 aliphatic carbocycles. The van der Waals surface area contributed by atoms with Crippen LogP contribution in [0.2, 0.25) is 0 Å². The first-order valence-corrected chi connectivity index (χ1v) is 8.49. The number of rotatable bonds is 9. The van der Waals surface area contributed by atoms with Crippen molar-refractivity contribution < 1.29 is 9.47 Å². The monoisotopic (exact) mass is 351 g/mol. The Balaban J connectivity index is 2.03. The Morgan fingerprint density at radius 3 is 2.62 bits per heavy atom. The van der Waals surface area contributed by atoms with Crippen LogP contribution in [-0.2, 0) is 4.74 Å². The van der Waals surface area contributed by atoms with Gasteiger partial charge in [-0.05, 0) is 37.6 Å². The molecule has 5 nitrogen and oxygen atoms in total. The second-order valence-corrected chi connectivity index (χ2v) is 5.53. The third-order valence-electron chi connectivity index (χ3n) is 3.70. The van der Waals surface area contributed by atoms with Crippen molar-refractivity contribution in [3.05, 3.63) is 72.8 Å². The van der Waals surface area contributed by atoms with Crippen molar-refractivity contribution in [3.63, 3.8) is 0 Å². The fourth-order valence-electron chi connectivity index (χ4n) is 2.16. The van der Waals surface area contributed by atoms with Crippen LogP contribution in [0.15, 0.2) is 72.8 Å². The highest BCUT2D eigenvalue weighted by Gasteiger charge is 2.03. The standard InChI is InChI=1S/C21H25N3O2/c1-5-17(8-7-16(3)25-4)13-23-19-11-9-18(10-12-19)20-14-22-15-21(24-20)26-6-2/h5,7-12,14-15,23H,1,6,13H2,2-4H3/b16-7+,17-8+. The first kappa shape index (κ1) is 19.2. The summed E-state index contributed by atoms with van der Waals surface area (Å²) in [6, 6.07) is 8.05. The number of aromatic nitrogens is 2. The molecule has 0 aliphatic rings. The lowest BCUT2D eigenvalue weighted by Crippen LogP contribution is -2.03. The van der Waals surface area contributed by atoms with Crippen molar-refractivity contribution in [2.45, 2.75) is 13.8 Å². The van der Waals surface area contributed by atoms with Crippen LogP contribution in [0.5, 0.6) is 5.88 Å². The second kappa shape index (κ2) is 10.0. The Bertz CT molecular complexity index is 780. The van der Waals surface area contributed by atoms with E-state index in [-0.39, 0.29) is 0 Å². The van der Waals surface area contributed by atoms with Gasteiger partial charge in [-0.25, -0.2) is 4.98 Å². The molecule has 0 fully saturated rings. The van der Waals surface area contributed by atoms with E-state index in [0.717, 1.165) is 28.3 Å². The summed E-state index contributed by atoms with van der Waals surface area (Å²) in [5, 5.41) is 3.38. The SMILES string of the molecule is C=C/C(=C\C=C(/C)OC)CNc1ccc(-c2cncc(OCC)n2)cc1. The first-order valence-electron chi connectivity index (χ1n) is 8.49. The van der Waals surface area contributed by atoms with Crippen LogP contribution in [0.1, 0.15) is 13.8 Å². The van der Waals surface area contributed by atoms with Crippen molar-refractivity contribution in [2.75, 3.05) is 25.6 Å². The van der Waals surface area contributed by atoms with E-state index in [9.17, 15) is 0 Å². The lowest BCUT2D eigenvalue weighted by atomic mass is 10.1. The zero-order valence-corrected chi connectivity index (χ0v) is 15.5. The number of ether oxygens (including phenoxy) is 2. The van der Waals surface area contributed by atoms with Crippen LogP contribution in [0.3, 0.4) is 0 Å². The molecule has 0 amide bonds. The molecule has 0 radical (unpaired) electrons. The number of hydrogen-bond acceptors (Lipinski definition) is 5. The van der Waals surface area contributed by atoms with E-state index in [2.05, 4.69) is 21.9 Å². The van der Waals surface area contributed by atoms with Gasteiger partial charge in [0.25, 0.3) is 0 Å². The van der Waals surface area contributed by atoms with Crippen LogP contribution in [0.4, 0.5) is 5.69 Å². The Labute approximate surface area is 155 Å². The average Bonchev–Trinajstić information content (AvgIpc) is 2.68. The summed E-state index contributed by atoms with van der Waals surface area (Å²) in [4.78, 5) is 8.63. The number of hydrogen-bond donors (Lipinski definition) is 1.